The van der Waals surface area contributed by atoms with E-state index in [1.807, 2.05) is 6.92 Å². The molecule has 0 unspecified atom stereocenters. The largest absolute Gasteiger partial charge is 0.425 e. The van der Waals surface area contributed by atoms with Gasteiger partial charge in [-0.1, -0.05) is 6.92 Å². The van der Waals surface area contributed by atoms with Crippen LogP contribution in [0.5, 0.6) is 0 Å². The predicted octanol–water partition coefficient (Wildman–Crippen LogP) is -4.33. The first-order valence-corrected chi connectivity index (χ1v) is 10.0. The van der Waals surface area contributed by atoms with Crippen molar-refractivity contribution in [1.29, 1.82) is 0 Å². The molecule has 0 aliphatic carbocycles. The van der Waals surface area contributed by atoms with Gasteiger partial charge in [-0.05, 0) is 0 Å². The highest BCUT2D eigenvalue weighted by molar-refractivity contribution is 6.50. The molecule has 0 radical (unpaired) electrons. The molecule has 1 heterocycles. The van der Waals surface area contributed by atoms with Gasteiger partial charge in [0.25, 0.3) is 50.0 Å². The maximum Gasteiger partial charge on any atom is 0.286 e. The van der Waals surface area contributed by atoms with Crippen molar-refractivity contribution in [3.63, 3.8) is 0 Å². The van der Waals surface area contributed by atoms with Gasteiger partial charge in [0, 0.05) is 6.42 Å². The highest BCUT2D eigenvalue weighted by Gasteiger charge is 1.97. The van der Waals surface area contributed by atoms with Gasteiger partial charge in [0.05, 0.1) is 0 Å². The summed E-state index contributed by atoms with van der Waals surface area (Å²) in [6, 6.07) is 0. The molecule has 1 aliphatic heterocycles. The third kappa shape index (κ3) is 12.6. The van der Waals surface area contributed by atoms with E-state index in [0.717, 1.165) is 6.29 Å². The Bertz CT molecular complexity index is 92.8. The van der Waals surface area contributed by atoms with Crippen LogP contribution in [0.1, 0.15) is 13.3 Å². The Kier molecular flexibility index (Phi) is 14.1. The molecule has 1 rings (SSSR count). The summed E-state index contributed by atoms with van der Waals surface area (Å²) in [4.78, 5) is 9.17. The molecule has 0 atom stereocenters. The van der Waals surface area contributed by atoms with Crippen LogP contribution in [-0.2, 0) is 25.4 Å². The van der Waals surface area contributed by atoms with Crippen LogP contribution in [0.15, 0.2) is 0 Å². The van der Waals surface area contributed by atoms with Crippen molar-refractivity contribution in [1.82, 2.24) is 0 Å². The summed E-state index contributed by atoms with van der Waals surface area (Å²) in [6.07, 6.45) is 1.51. The second-order valence-electron chi connectivity index (χ2n) is 2.18. The molecule has 0 spiro atoms. The molecule has 1 saturated heterocycles. The molecule has 0 amide bonds. The number of aldehydes is 1. The van der Waals surface area contributed by atoms with Gasteiger partial charge < -0.3 is 25.4 Å². The second kappa shape index (κ2) is 13.6. The molecule has 1 aliphatic rings. The maximum atomic E-state index is 9.17. The summed E-state index contributed by atoms with van der Waals surface area (Å²) in [6.45, 7) is 1.81. The zero-order valence-corrected chi connectivity index (χ0v) is 15.3. The zero-order chi connectivity index (χ0) is 10.5. The van der Waals surface area contributed by atoms with Crippen LogP contribution < -0.4 is 0 Å². The van der Waals surface area contributed by atoms with Crippen molar-refractivity contribution < 1.29 is 25.4 Å². The van der Waals surface area contributed by atoms with Crippen LogP contribution in [0.25, 0.3) is 0 Å². The average Bonchev–Trinajstić information content (AvgIpc) is 2.27. The number of carbonyl (C=O) groups excluding carboxylic acids is 1. The smallest absolute Gasteiger partial charge is 0.286 e. The minimum atomic E-state index is -0.724. The fraction of sp³-hybridized carbons (Fsp3) is 0.667. The van der Waals surface area contributed by atoms with E-state index in [0.29, 0.717) is 6.42 Å². The lowest BCUT2D eigenvalue weighted by atomic mass is 10.6. The SMILES string of the molecule is CCC=O.O1[SiH2]O[SiH2]O[SiH2]O[SiH2]O[SiH2]1. The Morgan fingerprint density at radius 3 is 1.21 bits per heavy atom. The van der Waals surface area contributed by atoms with Crippen molar-refractivity contribution in [2.24, 2.45) is 0 Å². The lowest BCUT2D eigenvalue weighted by Crippen LogP contribution is -2.23. The summed E-state index contributed by atoms with van der Waals surface area (Å²) in [7, 11) is -3.62. The number of hydrogen-bond donors (Lipinski definition) is 0. The highest BCUT2D eigenvalue weighted by atomic mass is 28.4. The van der Waals surface area contributed by atoms with Crippen molar-refractivity contribution in [3.8, 4) is 0 Å². The van der Waals surface area contributed by atoms with Crippen molar-refractivity contribution >= 4 is 56.3 Å². The molecule has 0 aromatic rings. The van der Waals surface area contributed by atoms with Gasteiger partial charge in [0.1, 0.15) is 6.29 Å². The van der Waals surface area contributed by atoms with E-state index >= 15 is 0 Å². The molecule has 0 N–H and O–H groups in total. The van der Waals surface area contributed by atoms with Gasteiger partial charge in [-0.2, -0.15) is 0 Å². The van der Waals surface area contributed by atoms with Gasteiger partial charge in [-0.25, -0.2) is 0 Å². The molecule has 0 aromatic carbocycles. The predicted molar refractivity (Wildman–Crippen MR) is 64.5 cm³/mol. The molecule has 14 heavy (non-hydrogen) atoms. The molecule has 0 saturated carbocycles. The van der Waals surface area contributed by atoms with Crippen LogP contribution in [0, 0.1) is 0 Å². The third-order valence-corrected chi connectivity index (χ3v) is 7.67. The molecule has 6 nitrogen and oxygen atoms in total. The highest BCUT2D eigenvalue weighted by Crippen LogP contribution is 1.79. The van der Waals surface area contributed by atoms with Crippen LogP contribution in [0.4, 0.5) is 0 Å². The zero-order valence-electron chi connectivity index (χ0n) is 8.27. The standard InChI is InChI=1S/C3H6O.H10O5Si5/c1-2-3-4;1-6-2-8-4-10-5-9-3-7-1/h3H,2H2,1H3;6-10H2. The lowest BCUT2D eigenvalue weighted by Gasteiger charge is -2.10. The summed E-state index contributed by atoms with van der Waals surface area (Å²) < 4.78 is 25.8. The minimum Gasteiger partial charge on any atom is -0.425 e. The number of hydrogen-bond acceptors (Lipinski definition) is 6. The van der Waals surface area contributed by atoms with Crippen LogP contribution in [-0.4, -0.2) is 56.3 Å². The van der Waals surface area contributed by atoms with Gasteiger partial charge in [0.15, 0.2) is 0 Å². The van der Waals surface area contributed by atoms with Crippen LogP contribution in [0.3, 0.4) is 0 Å². The topological polar surface area (TPSA) is 63.2 Å². The van der Waals surface area contributed by atoms with Gasteiger partial charge >= 0.3 is 0 Å². The summed E-state index contributed by atoms with van der Waals surface area (Å²) in [5, 5.41) is 0. The van der Waals surface area contributed by atoms with E-state index in [2.05, 4.69) is 0 Å². The molecular weight excluding hydrogens is 272 g/mol. The van der Waals surface area contributed by atoms with E-state index in [9.17, 15) is 4.79 Å². The normalized spacial score (nSPS) is 27.5. The monoisotopic (exact) mass is 288 g/mol. The van der Waals surface area contributed by atoms with Gasteiger partial charge in [-0.15, -0.1) is 0 Å². The van der Waals surface area contributed by atoms with E-state index in [4.69, 9.17) is 20.6 Å². The van der Waals surface area contributed by atoms with Crippen molar-refractivity contribution in [2.75, 3.05) is 0 Å². The first kappa shape index (κ1) is 14.6. The fourth-order valence-electron chi connectivity index (χ4n) is 0.465. The Morgan fingerprint density at radius 2 is 1.07 bits per heavy atom. The quantitative estimate of drug-likeness (QED) is 0.359. The lowest BCUT2D eigenvalue weighted by molar-refractivity contribution is -0.107. The Morgan fingerprint density at radius 1 is 0.857 bits per heavy atom. The Labute approximate surface area is 95.3 Å². The Hall–Kier alpha value is 0.554. The van der Waals surface area contributed by atoms with Crippen LogP contribution in [0.2, 0.25) is 0 Å². The Balaban J connectivity index is 0.000000364. The summed E-state index contributed by atoms with van der Waals surface area (Å²) in [5.41, 5.74) is 0. The first-order valence-electron chi connectivity index (χ1n) is 4.24. The second-order valence-corrected chi connectivity index (χ2v) is 11.5. The molecule has 0 aromatic heterocycles. The van der Waals surface area contributed by atoms with E-state index in [1.54, 1.807) is 0 Å². The molecular formula is C3H16O6Si5. The van der Waals surface area contributed by atoms with Crippen molar-refractivity contribution in [2.45, 2.75) is 13.3 Å². The average molecular weight is 289 g/mol. The van der Waals surface area contributed by atoms with E-state index in [-0.39, 0.29) is 0 Å². The fourth-order valence-corrected chi connectivity index (χ4v) is 9.49. The first-order chi connectivity index (χ1) is 6.91. The van der Waals surface area contributed by atoms with Gasteiger partial charge in [-0.3, -0.25) is 0 Å². The number of rotatable bonds is 1. The van der Waals surface area contributed by atoms with E-state index < -0.39 is 50.0 Å². The third-order valence-electron chi connectivity index (χ3n) is 1.00. The van der Waals surface area contributed by atoms with Crippen molar-refractivity contribution in [3.05, 3.63) is 0 Å². The minimum absolute atomic E-state index is 0.639. The molecule has 84 valence electrons. The van der Waals surface area contributed by atoms with E-state index in [1.165, 1.54) is 0 Å². The molecule has 11 heteroatoms. The summed E-state index contributed by atoms with van der Waals surface area (Å²) >= 11 is 0. The molecule has 0 bridgehead atoms. The molecule has 1 fully saturated rings. The maximum absolute atomic E-state index is 9.17. The summed E-state index contributed by atoms with van der Waals surface area (Å²) in [5.74, 6) is 0. The number of carbonyl (C=O) groups is 1. The van der Waals surface area contributed by atoms with Crippen LogP contribution >= 0.6 is 0 Å². The van der Waals surface area contributed by atoms with Gasteiger partial charge in [0.2, 0.25) is 0 Å².